The Morgan fingerprint density at radius 1 is 1.12 bits per heavy atom. The molecule has 4 heterocycles. The maximum atomic E-state index is 12.6. The number of fused-ring (bicyclic) bond motifs is 2. The van der Waals surface area contributed by atoms with Crippen molar-refractivity contribution in [3.8, 4) is 5.75 Å². The van der Waals surface area contributed by atoms with Crippen LogP contribution >= 0.6 is 0 Å². The summed E-state index contributed by atoms with van der Waals surface area (Å²) in [6.45, 7) is 1.79. The molecule has 3 aliphatic rings. The SMILES string of the molecule is FC(F)(F)Oc1ccc2c(c1)C(c1ccnc(N3CCc4nc(C5CC5)oc4C3)c1)=NC2. The van der Waals surface area contributed by atoms with Crippen molar-refractivity contribution in [2.75, 3.05) is 11.4 Å². The standard InChI is InChI=1S/C23H19F3N4O2/c24-23(25,26)32-16-4-3-15-11-28-21(17(15)10-16)14-5-7-27-20(9-14)30-8-6-18-19(12-30)31-22(29-18)13-1-2-13/h3-5,7,9-10,13H,1-2,6,8,11-12H2. The van der Waals surface area contributed by atoms with Crippen LogP contribution in [0.1, 0.15) is 52.8 Å². The van der Waals surface area contributed by atoms with Crippen molar-refractivity contribution in [2.45, 2.75) is 44.6 Å². The van der Waals surface area contributed by atoms with Crippen molar-refractivity contribution < 1.29 is 22.3 Å². The van der Waals surface area contributed by atoms with E-state index in [1.807, 2.05) is 12.1 Å². The normalized spacial score (nSPS) is 17.7. The van der Waals surface area contributed by atoms with E-state index >= 15 is 0 Å². The third kappa shape index (κ3) is 3.61. The molecule has 9 heteroatoms. The lowest BCUT2D eigenvalue weighted by Gasteiger charge is -2.26. The number of hydrogen-bond acceptors (Lipinski definition) is 6. The molecule has 1 aromatic carbocycles. The van der Waals surface area contributed by atoms with Crippen molar-refractivity contribution in [1.29, 1.82) is 0 Å². The maximum Gasteiger partial charge on any atom is 0.573 e. The minimum absolute atomic E-state index is 0.250. The van der Waals surface area contributed by atoms with E-state index in [0.29, 0.717) is 30.3 Å². The van der Waals surface area contributed by atoms with Crippen LogP contribution in [0.2, 0.25) is 0 Å². The molecular formula is C23H19F3N4O2. The lowest BCUT2D eigenvalue weighted by molar-refractivity contribution is -0.274. The fraction of sp³-hybridized carbons (Fsp3) is 0.348. The van der Waals surface area contributed by atoms with Crippen molar-refractivity contribution >= 4 is 11.5 Å². The Hall–Kier alpha value is -3.36. The van der Waals surface area contributed by atoms with Gasteiger partial charge in [-0.3, -0.25) is 4.99 Å². The summed E-state index contributed by atoms with van der Waals surface area (Å²) >= 11 is 0. The molecule has 0 bridgehead atoms. The highest BCUT2D eigenvalue weighted by atomic mass is 19.4. The topological polar surface area (TPSA) is 63.8 Å². The van der Waals surface area contributed by atoms with E-state index in [2.05, 4.69) is 24.6 Å². The predicted molar refractivity (Wildman–Crippen MR) is 110 cm³/mol. The van der Waals surface area contributed by atoms with Crippen LogP contribution in [0, 0.1) is 0 Å². The lowest BCUT2D eigenvalue weighted by Crippen LogP contribution is -2.30. The van der Waals surface area contributed by atoms with Gasteiger partial charge in [0.2, 0.25) is 0 Å². The summed E-state index contributed by atoms with van der Waals surface area (Å²) in [5, 5.41) is 0. The number of hydrogen-bond donors (Lipinski definition) is 0. The van der Waals surface area contributed by atoms with Gasteiger partial charge in [-0.2, -0.15) is 0 Å². The van der Waals surface area contributed by atoms with Gasteiger partial charge in [0.15, 0.2) is 5.89 Å². The Morgan fingerprint density at radius 3 is 2.81 bits per heavy atom. The summed E-state index contributed by atoms with van der Waals surface area (Å²) in [7, 11) is 0. The first-order valence-corrected chi connectivity index (χ1v) is 10.6. The van der Waals surface area contributed by atoms with Gasteiger partial charge in [-0.05, 0) is 42.7 Å². The molecule has 0 saturated heterocycles. The van der Waals surface area contributed by atoms with Crippen molar-refractivity contribution in [3.05, 3.63) is 70.6 Å². The molecule has 1 fully saturated rings. The number of ether oxygens (including phenoxy) is 1. The minimum atomic E-state index is -4.73. The van der Waals surface area contributed by atoms with E-state index in [0.717, 1.165) is 60.1 Å². The molecule has 0 N–H and O–H groups in total. The molecule has 2 aliphatic heterocycles. The fourth-order valence-corrected chi connectivity index (χ4v) is 4.26. The fourth-order valence-electron chi connectivity index (χ4n) is 4.26. The van der Waals surface area contributed by atoms with Crippen LogP contribution in [-0.4, -0.2) is 28.6 Å². The van der Waals surface area contributed by atoms with Gasteiger partial charge in [0.1, 0.15) is 17.3 Å². The molecule has 3 aromatic rings. The predicted octanol–water partition coefficient (Wildman–Crippen LogP) is 4.76. The molecule has 1 saturated carbocycles. The number of halogens is 3. The smallest absolute Gasteiger partial charge is 0.443 e. The highest BCUT2D eigenvalue weighted by Gasteiger charge is 2.33. The molecule has 1 aliphatic carbocycles. The van der Waals surface area contributed by atoms with Crippen molar-refractivity contribution in [3.63, 3.8) is 0 Å². The molecule has 6 rings (SSSR count). The first kappa shape index (κ1) is 19.3. The van der Waals surface area contributed by atoms with Gasteiger partial charge in [-0.1, -0.05) is 6.07 Å². The van der Waals surface area contributed by atoms with Gasteiger partial charge in [0.05, 0.1) is 24.5 Å². The molecule has 0 radical (unpaired) electrons. The third-order valence-corrected chi connectivity index (χ3v) is 5.99. The van der Waals surface area contributed by atoms with Crippen molar-refractivity contribution in [1.82, 2.24) is 9.97 Å². The molecule has 32 heavy (non-hydrogen) atoms. The Morgan fingerprint density at radius 2 is 2.00 bits per heavy atom. The van der Waals surface area contributed by atoms with E-state index in [-0.39, 0.29) is 5.75 Å². The van der Waals surface area contributed by atoms with E-state index < -0.39 is 6.36 Å². The summed E-state index contributed by atoms with van der Waals surface area (Å²) in [6.07, 6.45) is 0.0470. The lowest BCUT2D eigenvalue weighted by atomic mass is 10.0. The summed E-state index contributed by atoms with van der Waals surface area (Å²) in [5.41, 5.74) is 3.99. The zero-order chi connectivity index (χ0) is 21.9. The first-order chi connectivity index (χ1) is 15.4. The van der Waals surface area contributed by atoms with Crippen LogP contribution in [0.5, 0.6) is 5.75 Å². The van der Waals surface area contributed by atoms with E-state index in [4.69, 9.17) is 4.42 Å². The number of anilines is 1. The van der Waals surface area contributed by atoms with Crippen LogP contribution in [0.15, 0.2) is 45.9 Å². The van der Waals surface area contributed by atoms with Gasteiger partial charge in [-0.25, -0.2) is 9.97 Å². The number of aromatic nitrogens is 2. The Bertz CT molecular complexity index is 1230. The van der Waals surface area contributed by atoms with Crippen LogP contribution in [0.25, 0.3) is 0 Å². The molecular weight excluding hydrogens is 421 g/mol. The monoisotopic (exact) mass is 440 g/mol. The van der Waals surface area contributed by atoms with E-state index in [1.165, 1.54) is 12.1 Å². The number of alkyl halides is 3. The van der Waals surface area contributed by atoms with E-state index in [1.54, 1.807) is 12.3 Å². The van der Waals surface area contributed by atoms with Gasteiger partial charge >= 0.3 is 6.36 Å². The number of aliphatic imine (C=N–C) groups is 1. The summed E-state index contributed by atoms with van der Waals surface area (Å²) < 4.78 is 48.0. The molecule has 0 spiro atoms. The second-order valence-corrected chi connectivity index (χ2v) is 8.30. The second-order valence-electron chi connectivity index (χ2n) is 8.30. The van der Waals surface area contributed by atoms with Crippen LogP contribution < -0.4 is 9.64 Å². The molecule has 6 nitrogen and oxygen atoms in total. The van der Waals surface area contributed by atoms with Gasteiger partial charge in [0, 0.05) is 36.2 Å². The van der Waals surface area contributed by atoms with Crippen LogP contribution in [0.3, 0.4) is 0 Å². The maximum absolute atomic E-state index is 12.6. The number of oxazole rings is 1. The first-order valence-electron chi connectivity index (χ1n) is 10.6. The second kappa shape index (κ2) is 7.08. The molecule has 2 aromatic heterocycles. The van der Waals surface area contributed by atoms with Crippen LogP contribution in [-0.2, 0) is 19.5 Å². The highest BCUT2D eigenvalue weighted by molar-refractivity contribution is 6.15. The summed E-state index contributed by atoms with van der Waals surface area (Å²) in [4.78, 5) is 15.9. The average molecular weight is 440 g/mol. The molecule has 0 unspecified atom stereocenters. The van der Waals surface area contributed by atoms with Gasteiger partial charge in [-0.15, -0.1) is 13.2 Å². The third-order valence-electron chi connectivity index (χ3n) is 5.99. The molecule has 0 atom stereocenters. The largest absolute Gasteiger partial charge is 0.573 e. The van der Waals surface area contributed by atoms with E-state index in [9.17, 15) is 13.2 Å². The minimum Gasteiger partial charge on any atom is -0.443 e. The summed E-state index contributed by atoms with van der Waals surface area (Å²) in [6, 6.07) is 8.10. The Balaban J connectivity index is 1.26. The number of benzene rings is 1. The quantitative estimate of drug-likeness (QED) is 0.585. The average Bonchev–Trinajstić information content (AvgIpc) is 3.39. The highest BCUT2D eigenvalue weighted by Crippen LogP contribution is 2.41. The molecule has 0 amide bonds. The number of pyridine rings is 1. The zero-order valence-electron chi connectivity index (χ0n) is 17.0. The molecule has 164 valence electrons. The number of rotatable bonds is 4. The Labute approximate surface area is 181 Å². The van der Waals surface area contributed by atoms with Gasteiger partial charge in [0.25, 0.3) is 0 Å². The number of nitrogens with zero attached hydrogens (tertiary/aromatic N) is 4. The van der Waals surface area contributed by atoms with Crippen molar-refractivity contribution in [2.24, 2.45) is 4.99 Å². The zero-order valence-corrected chi connectivity index (χ0v) is 17.0. The van der Waals surface area contributed by atoms with Gasteiger partial charge < -0.3 is 14.1 Å². The van der Waals surface area contributed by atoms with Crippen LogP contribution in [0.4, 0.5) is 19.0 Å². The Kier molecular flexibility index (Phi) is 4.28. The summed E-state index contributed by atoms with van der Waals surface area (Å²) in [5.74, 6) is 2.74.